The zero-order valence-electron chi connectivity index (χ0n) is 18.3. The number of aliphatic carboxylic acids is 2. The quantitative estimate of drug-likeness (QED) is 0.556. The normalized spacial score (nSPS) is 19.3. The summed E-state index contributed by atoms with van der Waals surface area (Å²) in [5.41, 5.74) is 1.95. The summed E-state index contributed by atoms with van der Waals surface area (Å²) >= 11 is 0. The van der Waals surface area contributed by atoms with Crippen molar-refractivity contribution in [1.82, 2.24) is 0 Å². The van der Waals surface area contributed by atoms with Crippen LogP contribution >= 0.6 is 0 Å². The van der Waals surface area contributed by atoms with Gasteiger partial charge in [-0.05, 0) is 72.2 Å². The molecule has 2 aromatic rings. The molecular weight excluding hydrogens is 408 g/mol. The van der Waals surface area contributed by atoms with Crippen molar-refractivity contribution in [2.45, 2.75) is 25.7 Å². The van der Waals surface area contributed by atoms with Crippen molar-refractivity contribution >= 4 is 24.1 Å². The second kappa shape index (κ2) is 10.7. The van der Waals surface area contributed by atoms with E-state index in [-0.39, 0.29) is 23.0 Å². The highest BCUT2D eigenvalue weighted by atomic mass is 16.5. The molecule has 6 heteroatoms. The van der Waals surface area contributed by atoms with E-state index in [4.69, 9.17) is 9.47 Å². The molecule has 1 saturated carbocycles. The van der Waals surface area contributed by atoms with Crippen LogP contribution in [0.2, 0.25) is 0 Å². The molecule has 32 heavy (non-hydrogen) atoms. The Morgan fingerprint density at radius 2 is 1.06 bits per heavy atom. The first-order valence-corrected chi connectivity index (χ1v) is 10.6. The van der Waals surface area contributed by atoms with Crippen LogP contribution in [0, 0.1) is 11.8 Å². The van der Waals surface area contributed by atoms with Gasteiger partial charge in [-0.1, -0.05) is 37.1 Å². The van der Waals surface area contributed by atoms with Crippen molar-refractivity contribution < 1.29 is 29.3 Å². The topological polar surface area (TPSA) is 93.1 Å². The van der Waals surface area contributed by atoms with Crippen LogP contribution in [0.25, 0.3) is 12.2 Å². The zero-order chi connectivity index (χ0) is 23.1. The summed E-state index contributed by atoms with van der Waals surface area (Å²) in [7, 11) is 3.14. The molecule has 1 fully saturated rings. The molecule has 2 aromatic carbocycles. The van der Waals surface area contributed by atoms with Gasteiger partial charge in [-0.2, -0.15) is 0 Å². The fraction of sp³-hybridized carbons (Fsp3) is 0.308. The van der Waals surface area contributed by atoms with E-state index >= 15 is 0 Å². The Morgan fingerprint density at radius 1 is 0.719 bits per heavy atom. The Labute approximate surface area is 187 Å². The van der Waals surface area contributed by atoms with Crippen LogP contribution < -0.4 is 9.47 Å². The highest BCUT2D eigenvalue weighted by molar-refractivity contribution is 5.95. The molecule has 0 bridgehead atoms. The van der Waals surface area contributed by atoms with E-state index in [1.807, 2.05) is 0 Å². The molecule has 0 heterocycles. The average Bonchev–Trinajstić information content (AvgIpc) is 2.81. The molecule has 0 amide bonds. The lowest BCUT2D eigenvalue weighted by atomic mass is 9.71. The molecule has 0 unspecified atom stereocenters. The maximum Gasteiger partial charge on any atom is 0.331 e. The minimum absolute atomic E-state index is 0.238. The van der Waals surface area contributed by atoms with E-state index in [0.717, 1.165) is 24.0 Å². The summed E-state index contributed by atoms with van der Waals surface area (Å²) in [5.74, 6) is -1.44. The van der Waals surface area contributed by atoms with Gasteiger partial charge in [0.2, 0.25) is 0 Å². The van der Waals surface area contributed by atoms with Crippen LogP contribution in [0.1, 0.15) is 36.8 Å². The number of rotatable bonds is 8. The molecule has 168 valence electrons. The minimum Gasteiger partial charge on any atom is -0.497 e. The van der Waals surface area contributed by atoms with Crippen molar-refractivity contribution in [3.63, 3.8) is 0 Å². The van der Waals surface area contributed by atoms with Crippen LogP contribution in [-0.2, 0) is 9.59 Å². The molecule has 2 N–H and O–H groups in total. The molecule has 1 aliphatic carbocycles. The van der Waals surface area contributed by atoms with Crippen molar-refractivity contribution in [2.24, 2.45) is 11.8 Å². The van der Waals surface area contributed by atoms with Gasteiger partial charge in [-0.25, -0.2) is 9.59 Å². The van der Waals surface area contributed by atoms with Crippen molar-refractivity contribution in [2.75, 3.05) is 14.2 Å². The van der Waals surface area contributed by atoms with Crippen LogP contribution in [0.4, 0.5) is 0 Å². The van der Waals surface area contributed by atoms with Crippen LogP contribution in [0.15, 0.2) is 59.7 Å². The summed E-state index contributed by atoms with van der Waals surface area (Å²) in [4.78, 5) is 24.4. The molecular formula is C26H28O6. The summed E-state index contributed by atoms with van der Waals surface area (Å²) in [5, 5.41) is 20.0. The van der Waals surface area contributed by atoms with E-state index in [1.165, 1.54) is 0 Å². The fourth-order valence-electron chi connectivity index (χ4n) is 4.29. The van der Waals surface area contributed by atoms with Gasteiger partial charge in [0.25, 0.3) is 0 Å². The fourth-order valence-corrected chi connectivity index (χ4v) is 4.29. The highest BCUT2D eigenvalue weighted by Crippen LogP contribution is 2.41. The Hall–Kier alpha value is -3.54. The molecule has 6 nitrogen and oxygen atoms in total. The van der Waals surface area contributed by atoms with Crippen LogP contribution in [0.3, 0.4) is 0 Å². The Kier molecular flexibility index (Phi) is 7.71. The van der Waals surface area contributed by atoms with Crippen molar-refractivity contribution in [1.29, 1.82) is 0 Å². The predicted octanol–water partition coefficient (Wildman–Crippen LogP) is 5.15. The minimum atomic E-state index is -1.02. The van der Waals surface area contributed by atoms with Gasteiger partial charge in [-0.3, -0.25) is 0 Å². The largest absolute Gasteiger partial charge is 0.497 e. The monoisotopic (exact) mass is 436 g/mol. The summed E-state index contributed by atoms with van der Waals surface area (Å²) < 4.78 is 10.3. The highest BCUT2D eigenvalue weighted by Gasteiger charge is 2.35. The van der Waals surface area contributed by atoms with Gasteiger partial charge in [0.1, 0.15) is 11.5 Å². The molecule has 1 aliphatic rings. The van der Waals surface area contributed by atoms with E-state index in [0.29, 0.717) is 24.3 Å². The Morgan fingerprint density at radius 3 is 1.34 bits per heavy atom. The van der Waals surface area contributed by atoms with Gasteiger partial charge < -0.3 is 19.7 Å². The molecule has 0 saturated heterocycles. The summed E-state index contributed by atoms with van der Waals surface area (Å²) in [6.45, 7) is 0. The molecule has 0 radical (unpaired) electrons. The first-order valence-electron chi connectivity index (χ1n) is 10.6. The van der Waals surface area contributed by atoms with E-state index in [1.54, 1.807) is 74.9 Å². The van der Waals surface area contributed by atoms with Gasteiger partial charge in [0, 0.05) is 11.1 Å². The van der Waals surface area contributed by atoms with Crippen LogP contribution in [-0.4, -0.2) is 36.4 Å². The molecule has 3 rings (SSSR count). The summed E-state index contributed by atoms with van der Waals surface area (Å²) in [6.07, 6.45) is 6.29. The average molecular weight is 437 g/mol. The number of methoxy groups -OCH3 is 2. The van der Waals surface area contributed by atoms with E-state index in [9.17, 15) is 19.8 Å². The number of benzene rings is 2. The standard InChI is InChI=1S/C26H28O6/c1-31-19-11-7-17(8-12-19)15-23(25(27)28)21-5-3-4-6-22(21)24(26(29)30)16-18-9-13-20(32-2)14-10-18/h7-16,21-22H,3-6H2,1-2H3,(H,27,28)(H,29,30)/b23-15+,24-16+/t21-,22-/m0/s1. The molecule has 0 aromatic heterocycles. The number of carbonyl (C=O) groups is 2. The van der Waals surface area contributed by atoms with E-state index in [2.05, 4.69) is 0 Å². The lowest BCUT2D eigenvalue weighted by molar-refractivity contribution is -0.135. The van der Waals surface area contributed by atoms with Gasteiger partial charge in [-0.15, -0.1) is 0 Å². The summed E-state index contributed by atoms with van der Waals surface area (Å²) in [6, 6.07) is 14.3. The number of carboxylic acids is 2. The first kappa shape index (κ1) is 23.1. The van der Waals surface area contributed by atoms with Gasteiger partial charge >= 0.3 is 11.9 Å². The first-order chi connectivity index (χ1) is 15.4. The Balaban J connectivity index is 1.99. The third-order valence-corrected chi connectivity index (χ3v) is 5.93. The number of carboxylic acid groups (broad SMARTS) is 2. The SMILES string of the molecule is COc1ccc(/C=C(/C(=O)O)[C@H]2CCCC[C@@H]2/C(=C\c2ccc(OC)cc2)C(=O)O)cc1. The number of hydrogen-bond donors (Lipinski definition) is 2. The van der Waals surface area contributed by atoms with Crippen molar-refractivity contribution in [3.8, 4) is 11.5 Å². The van der Waals surface area contributed by atoms with Crippen LogP contribution in [0.5, 0.6) is 11.5 Å². The maximum absolute atomic E-state index is 12.2. The van der Waals surface area contributed by atoms with E-state index < -0.39 is 11.9 Å². The zero-order valence-corrected chi connectivity index (χ0v) is 18.3. The second-order valence-corrected chi connectivity index (χ2v) is 7.85. The third kappa shape index (κ3) is 5.58. The molecule has 0 spiro atoms. The lowest BCUT2D eigenvalue weighted by Crippen LogP contribution is -2.29. The molecule has 2 atom stereocenters. The predicted molar refractivity (Wildman–Crippen MR) is 123 cm³/mol. The number of ether oxygens (including phenoxy) is 2. The Bertz CT molecular complexity index is 918. The smallest absolute Gasteiger partial charge is 0.331 e. The lowest BCUT2D eigenvalue weighted by Gasteiger charge is -2.32. The second-order valence-electron chi connectivity index (χ2n) is 7.85. The maximum atomic E-state index is 12.2. The number of hydrogen-bond acceptors (Lipinski definition) is 4. The van der Waals surface area contributed by atoms with Gasteiger partial charge in [0.05, 0.1) is 14.2 Å². The third-order valence-electron chi connectivity index (χ3n) is 5.93. The van der Waals surface area contributed by atoms with Gasteiger partial charge in [0.15, 0.2) is 0 Å². The van der Waals surface area contributed by atoms with Crippen molar-refractivity contribution in [3.05, 3.63) is 70.8 Å². The molecule has 0 aliphatic heterocycles.